The van der Waals surface area contributed by atoms with E-state index in [-0.39, 0.29) is 0 Å². The monoisotopic (exact) mass is 235 g/mol. The van der Waals surface area contributed by atoms with Crippen molar-refractivity contribution in [3.05, 3.63) is 65.2 Å². The number of anilines is 1. The van der Waals surface area contributed by atoms with E-state index in [0.29, 0.717) is 6.54 Å². The highest BCUT2D eigenvalue weighted by Gasteiger charge is 1.95. The van der Waals surface area contributed by atoms with Crippen LogP contribution in [0.3, 0.4) is 0 Å². The summed E-state index contributed by atoms with van der Waals surface area (Å²) in [6.45, 7) is 4.88. The fourth-order valence-corrected chi connectivity index (χ4v) is 1.82. The summed E-state index contributed by atoms with van der Waals surface area (Å²) >= 11 is 0. The van der Waals surface area contributed by atoms with Crippen molar-refractivity contribution in [2.45, 2.75) is 13.8 Å². The molecule has 1 heteroatoms. The Hall–Kier alpha value is -2.20. The Kier molecular flexibility index (Phi) is 4.04. The largest absolute Gasteiger partial charge is 0.374 e. The summed E-state index contributed by atoms with van der Waals surface area (Å²) in [6.07, 6.45) is 0. The van der Waals surface area contributed by atoms with Crippen LogP contribution in [-0.4, -0.2) is 6.54 Å². The topological polar surface area (TPSA) is 12.0 Å². The lowest BCUT2D eigenvalue weighted by atomic mass is 10.1. The van der Waals surface area contributed by atoms with Crippen LogP contribution in [0.15, 0.2) is 48.5 Å². The van der Waals surface area contributed by atoms with Gasteiger partial charge in [-0.1, -0.05) is 47.7 Å². The lowest BCUT2D eigenvalue weighted by Crippen LogP contribution is -2.00. The third kappa shape index (κ3) is 3.40. The zero-order valence-corrected chi connectivity index (χ0v) is 10.8. The van der Waals surface area contributed by atoms with Crippen molar-refractivity contribution >= 4 is 5.69 Å². The summed E-state index contributed by atoms with van der Waals surface area (Å²) in [7, 11) is 0. The Labute approximate surface area is 109 Å². The second-order valence-electron chi connectivity index (χ2n) is 4.34. The van der Waals surface area contributed by atoms with Crippen LogP contribution in [0.4, 0.5) is 5.69 Å². The summed E-state index contributed by atoms with van der Waals surface area (Å²) in [5.41, 5.74) is 4.76. The Morgan fingerprint density at radius 3 is 2.50 bits per heavy atom. The molecule has 0 saturated heterocycles. The molecule has 1 nitrogen and oxygen atoms in total. The van der Waals surface area contributed by atoms with Gasteiger partial charge < -0.3 is 5.32 Å². The fourth-order valence-electron chi connectivity index (χ4n) is 1.82. The van der Waals surface area contributed by atoms with Gasteiger partial charge in [0.25, 0.3) is 0 Å². The molecule has 90 valence electrons. The van der Waals surface area contributed by atoms with Gasteiger partial charge in [-0.15, -0.1) is 0 Å². The third-order valence-electron chi connectivity index (χ3n) is 2.76. The predicted molar refractivity (Wildman–Crippen MR) is 77.7 cm³/mol. The lowest BCUT2D eigenvalue weighted by molar-refractivity contribution is 1.31. The third-order valence-corrected chi connectivity index (χ3v) is 2.76. The number of rotatable bonds is 2. The summed E-state index contributed by atoms with van der Waals surface area (Å²) in [4.78, 5) is 0. The van der Waals surface area contributed by atoms with Crippen molar-refractivity contribution in [3.8, 4) is 11.8 Å². The SMILES string of the molecule is Cc1ccc(NCC#Cc2ccccc2)c(C)c1. The van der Waals surface area contributed by atoms with Crippen molar-refractivity contribution in [1.29, 1.82) is 0 Å². The van der Waals surface area contributed by atoms with E-state index in [1.807, 2.05) is 30.3 Å². The summed E-state index contributed by atoms with van der Waals surface area (Å²) in [5, 5.41) is 3.34. The molecule has 0 bridgehead atoms. The summed E-state index contributed by atoms with van der Waals surface area (Å²) < 4.78 is 0. The maximum absolute atomic E-state index is 3.34. The first-order valence-electron chi connectivity index (χ1n) is 6.11. The number of benzene rings is 2. The highest BCUT2D eigenvalue weighted by molar-refractivity contribution is 5.52. The van der Waals surface area contributed by atoms with Crippen LogP contribution >= 0.6 is 0 Å². The van der Waals surface area contributed by atoms with Gasteiger partial charge >= 0.3 is 0 Å². The van der Waals surface area contributed by atoms with Crippen LogP contribution in [0.25, 0.3) is 0 Å². The van der Waals surface area contributed by atoms with Gasteiger partial charge in [-0.05, 0) is 37.6 Å². The molecule has 0 heterocycles. The quantitative estimate of drug-likeness (QED) is 0.781. The minimum absolute atomic E-state index is 0.665. The molecule has 0 aromatic heterocycles. The van der Waals surface area contributed by atoms with Crippen molar-refractivity contribution in [1.82, 2.24) is 0 Å². The van der Waals surface area contributed by atoms with Crippen molar-refractivity contribution < 1.29 is 0 Å². The average Bonchev–Trinajstić information content (AvgIpc) is 2.38. The molecule has 2 rings (SSSR count). The fraction of sp³-hybridized carbons (Fsp3) is 0.176. The Morgan fingerprint density at radius 1 is 1.00 bits per heavy atom. The average molecular weight is 235 g/mol. The summed E-state index contributed by atoms with van der Waals surface area (Å²) in [6, 6.07) is 16.4. The first-order chi connectivity index (χ1) is 8.75. The van der Waals surface area contributed by atoms with E-state index in [1.54, 1.807) is 0 Å². The molecule has 0 aliphatic heterocycles. The van der Waals surface area contributed by atoms with Crippen LogP contribution < -0.4 is 5.32 Å². The first-order valence-corrected chi connectivity index (χ1v) is 6.11. The maximum Gasteiger partial charge on any atom is 0.0769 e. The normalized spacial score (nSPS) is 9.44. The van der Waals surface area contributed by atoms with Gasteiger partial charge in [-0.25, -0.2) is 0 Å². The highest BCUT2D eigenvalue weighted by Crippen LogP contribution is 2.15. The van der Waals surface area contributed by atoms with Gasteiger partial charge in [-0.2, -0.15) is 0 Å². The molecule has 0 atom stereocenters. The zero-order chi connectivity index (χ0) is 12.8. The van der Waals surface area contributed by atoms with E-state index in [1.165, 1.54) is 11.1 Å². The first kappa shape index (κ1) is 12.3. The molecule has 2 aromatic carbocycles. The van der Waals surface area contributed by atoms with Crippen LogP contribution in [0, 0.1) is 25.7 Å². The Morgan fingerprint density at radius 2 is 1.78 bits per heavy atom. The second-order valence-corrected chi connectivity index (χ2v) is 4.34. The molecule has 0 spiro atoms. The molecular formula is C17H17N. The van der Waals surface area contributed by atoms with Crippen LogP contribution in [0.1, 0.15) is 16.7 Å². The zero-order valence-electron chi connectivity index (χ0n) is 10.8. The van der Waals surface area contributed by atoms with Crippen molar-refractivity contribution in [2.24, 2.45) is 0 Å². The van der Waals surface area contributed by atoms with Gasteiger partial charge in [0.05, 0.1) is 6.54 Å². The molecule has 0 radical (unpaired) electrons. The minimum Gasteiger partial charge on any atom is -0.374 e. The molecule has 0 unspecified atom stereocenters. The van der Waals surface area contributed by atoms with E-state index in [0.717, 1.165) is 11.3 Å². The molecule has 0 fully saturated rings. The van der Waals surface area contributed by atoms with Gasteiger partial charge in [0.2, 0.25) is 0 Å². The maximum atomic E-state index is 3.34. The molecule has 18 heavy (non-hydrogen) atoms. The van der Waals surface area contributed by atoms with Crippen LogP contribution in [-0.2, 0) is 0 Å². The van der Waals surface area contributed by atoms with E-state index in [9.17, 15) is 0 Å². The number of aryl methyl sites for hydroxylation is 2. The molecule has 2 aromatic rings. The van der Waals surface area contributed by atoms with Gasteiger partial charge in [0, 0.05) is 11.3 Å². The van der Waals surface area contributed by atoms with Crippen molar-refractivity contribution in [2.75, 3.05) is 11.9 Å². The lowest BCUT2D eigenvalue weighted by Gasteiger charge is -2.06. The number of hydrogen-bond acceptors (Lipinski definition) is 1. The molecule has 1 N–H and O–H groups in total. The molecule has 0 amide bonds. The van der Waals surface area contributed by atoms with Crippen LogP contribution in [0.2, 0.25) is 0 Å². The predicted octanol–water partition coefficient (Wildman–Crippen LogP) is 3.77. The van der Waals surface area contributed by atoms with Crippen LogP contribution in [0.5, 0.6) is 0 Å². The second kappa shape index (κ2) is 5.93. The number of nitrogens with one attached hydrogen (secondary N) is 1. The van der Waals surface area contributed by atoms with Gasteiger partial charge in [0.1, 0.15) is 0 Å². The summed E-state index contributed by atoms with van der Waals surface area (Å²) in [5.74, 6) is 6.26. The smallest absolute Gasteiger partial charge is 0.0769 e. The van der Waals surface area contributed by atoms with Gasteiger partial charge in [-0.3, -0.25) is 0 Å². The minimum atomic E-state index is 0.665. The molecular weight excluding hydrogens is 218 g/mol. The molecule has 0 aliphatic rings. The Balaban J connectivity index is 1.95. The van der Waals surface area contributed by atoms with Gasteiger partial charge in [0.15, 0.2) is 0 Å². The van der Waals surface area contributed by atoms with E-state index in [2.05, 4.69) is 49.2 Å². The molecule has 0 saturated carbocycles. The highest BCUT2D eigenvalue weighted by atomic mass is 14.9. The van der Waals surface area contributed by atoms with Crippen molar-refractivity contribution in [3.63, 3.8) is 0 Å². The standard InChI is InChI=1S/C17H17N/c1-14-10-11-17(15(2)13-14)18-12-6-9-16-7-4-3-5-8-16/h3-5,7-8,10-11,13,18H,12H2,1-2H3. The Bertz CT molecular complexity index is 574. The van der Waals surface area contributed by atoms with E-state index < -0.39 is 0 Å². The van der Waals surface area contributed by atoms with E-state index in [4.69, 9.17) is 0 Å². The molecule has 0 aliphatic carbocycles. The number of hydrogen-bond donors (Lipinski definition) is 1. The van der Waals surface area contributed by atoms with E-state index >= 15 is 0 Å².